The Morgan fingerprint density at radius 1 is 1.19 bits per heavy atom. The molecule has 156 valence electrons. The lowest BCUT2D eigenvalue weighted by Crippen LogP contribution is -2.01. The number of rotatable bonds is 7. The highest BCUT2D eigenvalue weighted by molar-refractivity contribution is 5.84. The number of hydrogen-bond acceptors (Lipinski definition) is 7. The van der Waals surface area contributed by atoms with Gasteiger partial charge in [0, 0.05) is 53.2 Å². The van der Waals surface area contributed by atoms with Crippen LogP contribution in [0.1, 0.15) is 16.7 Å². The Hall–Kier alpha value is -4.70. The summed E-state index contributed by atoms with van der Waals surface area (Å²) in [6.07, 6.45) is 13.5. The molecule has 0 aliphatic carbocycles. The highest BCUT2D eigenvalue weighted by Crippen LogP contribution is 2.26. The first kappa shape index (κ1) is 20.6. The van der Waals surface area contributed by atoms with Crippen molar-refractivity contribution in [2.75, 3.05) is 5.32 Å². The first-order chi connectivity index (χ1) is 15.7. The van der Waals surface area contributed by atoms with Gasteiger partial charge in [-0.25, -0.2) is 9.97 Å². The van der Waals surface area contributed by atoms with Gasteiger partial charge < -0.3 is 21.2 Å². The molecule has 4 N–H and O–H groups in total. The Kier molecular flexibility index (Phi) is 6.05. The lowest BCUT2D eigenvalue weighted by molar-refractivity contribution is 0.305. The summed E-state index contributed by atoms with van der Waals surface area (Å²) in [5.74, 6) is 3.66. The Balaban J connectivity index is 1.60. The van der Waals surface area contributed by atoms with Gasteiger partial charge >= 0.3 is 0 Å². The molecule has 0 bridgehead atoms. The van der Waals surface area contributed by atoms with Crippen molar-refractivity contribution in [2.45, 2.75) is 6.61 Å². The fourth-order valence-corrected chi connectivity index (χ4v) is 3.09. The normalized spacial score (nSPS) is 11.0. The van der Waals surface area contributed by atoms with Crippen LogP contribution in [0.5, 0.6) is 5.75 Å². The van der Waals surface area contributed by atoms with Crippen LogP contribution in [0, 0.1) is 17.8 Å². The SMILES string of the molecule is C#Cc1cc2cnc(Nc3cccc(/C(N)=C/C=N)c3)nc2cc1OCc1cccnc1. The fraction of sp³-hybridized carbons (Fsp3) is 0.0400. The number of nitrogens with one attached hydrogen (secondary N) is 2. The summed E-state index contributed by atoms with van der Waals surface area (Å²) in [7, 11) is 0. The fourth-order valence-electron chi connectivity index (χ4n) is 3.09. The van der Waals surface area contributed by atoms with E-state index in [9.17, 15) is 0 Å². The molecular formula is C25H20N6O. The van der Waals surface area contributed by atoms with E-state index in [1.54, 1.807) is 18.6 Å². The van der Waals surface area contributed by atoms with Gasteiger partial charge in [-0.05, 0) is 35.9 Å². The van der Waals surface area contributed by atoms with E-state index in [2.05, 4.69) is 26.2 Å². The third kappa shape index (κ3) is 4.71. The number of fused-ring (bicyclic) bond motifs is 1. The van der Waals surface area contributed by atoms with Crippen LogP contribution < -0.4 is 15.8 Å². The smallest absolute Gasteiger partial charge is 0.227 e. The molecule has 2 heterocycles. The summed E-state index contributed by atoms with van der Waals surface area (Å²) < 4.78 is 5.94. The predicted molar refractivity (Wildman–Crippen MR) is 127 cm³/mol. The average Bonchev–Trinajstić information content (AvgIpc) is 2.83. The van der Waals surface area contributed by atoms with E-state index in [0.717, 1.165) is 28.4 Å². The number of terminal acetylenes is 1. The Bertz CT molecular complexity index is 1340. The molecular weight excluding hydrogens is 400 g/mol. The molecule has 0 aliphatic rings. The monoisotopic (exact) mass is 420 g/mol. The van der Waals surface area contributed by atoms with Crippen molar-refractivity contribution in [2.24, 2.45) is 5.73 Å². The summed E-state index contributed by atoms with van der Waals surface area (Å²) in [6, 6.07) is 14.9. The summed E-state index contributed by atoms with van der Waals surface area (Å²) >= 11 is 0. The zero-order chi connectivity index (χ0) is 22.3. The molecule has 0 aliphatic heterocycles. The van der Waals surface area contributed by atoms with Gasteiger partial charge in [-0.1, -0.05) is 24.1 Å². The minimum absolute atomic E-state index is 0.349. The molecule has 4 rings (SSSR count). The predicted octanol–water partition coefficient (Wildman–Crippen LogP) is 4.28. The first-order valence-electron chi connectivity index (χ1n) is 9.79. The molecule has 7 heteroatoms. The summed E-state index contributed by atoms with van der Waals surface area (Å²) in [5, 5.41) is 11.2. The van der Waals surface area contributed by atoms with Crippen molar-refractivity contribution >= 4 is 34.5 Å². The van der Waals surface area contributed by atoms with Crippen molar-refractivity contribution < 1.29 is 4.74 Å². The molecule has 4 aromatic rings. The van der Waals surface area contributed by atoms with Crippen LogP contribution in [0.25, 0.3) is 16.6 Å². The van der Waals surface area contributed by atoms with Crippen molar-refractivity contribution in [1.29, 1.82) is 5.41 Å². The van der Waals surface area contributed by atoms with E-state index in [1.807, 2.05) is 48.5 Å². The largest absolute Gasteiger partial charge is 0.487 e. The van der Waals surface area contributed by atoms with Crippen LogP contribution in [-0.4, -0.2) is 21.2 Å². The van der Waals surface area contributed by atoms with Gasteiger partial charge in [0.1, 0.15) is 12.4 Å². The van der Waals surface area contributed by atoms with Crippen molar-refractivity contribution in [1.82, 2.24) is 15.0 Å². The summed E-state index contributed by atoms with van der Waals surface area (Å²) in [4.78, 5) is 13.1. The highest BCUT2D eigenvalue weighted by atomic mass is 16.5. The minimum atomic E-state index is 0.349. The highest BCUT2D eigenvalue weighted by Gasteiger charge is 2.09. The van der Waals surface area contributed by atoms with Gasteiger partial charge in [0.15, 0.2) is 0 Å². The minimum Gasteiger partial charge on any atom is -0.487 e. The second kappa shape index (κ2) is 9.41. The Morgan fingerprint density at radius 2 is 2.09 bits per heavy atom. The third-order valence-electron chi connectivity index (χ3n) is 4.67. The molecule has 0 atom stereocenters. The molecule has 2 aromatic carbocycles. The van der Waals surface area contributed by atoms with Crippen LogP contribution in [0.3, 0.4) is 0 Å². The molecule has 0 saturated heterocycles. The third-order valence-corrected chi connectivity index (χ3v) is 4.67. The number of aromatic nitrogens is 3. The second-order valence-corrected chi connectivity index (χ2v) is 6.89. The van der Waals surface area contributed by atoms with Gasteiger partial charge in [-0.3, -0.25) is 4.98 Å². The van der Waals surface area contributed by atoms with E-state index >= 15 is 0 Å². The van der Waals surface area contributed by atoms with Crippen LogP contribution in [0.2, 0.25) is 0 Å². The van der Waals surface area contributed by atoms with Gasteiger partial charge in [-0.15, -0.1) is 6.42 Å². The van der Waals surface area contributed by atoms with Gasteiger partial charge in [0.2, 0.25) is 5.95 Å². The van der Waals surface area contributed by atoms with Crippen molar-refractivity contribution in [3.8, 4) is 18.1 Å². The van der Waals surface area contributed by atoms with Crippen LogP contribution in [-0.2, 0) is 6.61 Å². The average molecular weight is 420 g/mol. The van der Waals surface area contributed by atoms with Gasteiger partial charge in [0.25, 0.3) is 0 Å². The number of nitrogens with two attached hydrogens (primary N) is 1. The van der Waals surface area contributed by atoms with E-state index in [1.165, 1.54) is 6.08 Å². The number of nitrogens with zero attached hydrogens (tertiary/aromatic N) is 3. The molecule has 0 spiro atoms. The van der Waals surface area contributed by atoms with E-state index in [-0.39, 0.29) is 0 Å². The van der Waals surface area contributed by atoms with Crippen LogP contribution >= 0.6 is 0 Å². The second-order valence-electron chi connectivity index (χ2n) is 6.89. The summed E-state index contributed by atoms with van der Waals surface area (Å²) in [5.41, 5.74) is 10.3. The lowest BCUT2D eigenvalue weighted by Gasteiger charge is -2.11. The zero-order valence-electron chi connectivity index (χ0n) is 17.1. The maximum atomic E-state index is 7.17. The van der Waals surface area contributed by atoms with E-state index in [0.29, 0.717) is 35.1 Å². The number of benzene rings is 2. The van der Waals surface area contributed by atoms with Crippen LogP contribution in [0.15, 0.2) is 73.2 Å². The Morgan fingerprint density at radius 3 is 2.88 bits per heavy atom. The number of ether oxygens (including phenoxy) is 1. The number of allylic oxidation sites excluding steroid dienone is 1. The maximum absolute atomic E-state index is 7.17. The van der Waals surface area contributed by atoms with Crippen molar-refractivity contribution in [3.05, 3.63) is 89.9 Å². The zero-order valence-corrected chi connectivity index (χ0v) is 17.1. The molecule has 0 unspecified atom stereocenters. The quantitative estimate of drug-likeness (QED) is 0.304. The number of anilines is 2. The molecule has 0 radical (unpaired) electrons. The molecule has 0 fully saturated rings. The lowest BCUT2D eigenvalue weighted by atomic mass is 10.1. The van der Waals surface area contributed by atoms with Gasteiger partial charge in [0.05, 0.1) is 11.1 Å². The Labute approximate surface area is 185 Å². The topological polar surface area (TPSA) is 110 Å². The molecule has 0 amide bonds. The maximum Gasteiger partial charge on any atom is 0.227 e. The van der Waals surface area contributed by atoms with E-state index < -0.39 is 0 Å². The van der Waals surface area contributed by atoms with Crippen molar-refractivity contribution in [3.63, 3.8) is 0 Å². The van der Waals surface area contributed by atoms with Crippen LogP contribution in [0.4, 0.5) is 11.6 Å². The number of hydrogen-bond donors (Lipinski definition) is 3. The first-order valence-corrected chi connectivity index (χ1v) is 9.79. The van der Waals surface area contributed by atoms with E-state index in [4.69, 9.17) is 22.3 Å². The van der Waals surface area contributed by atoms with Gasteiger partial charge in [-0.2, -0.15) is 0 Å². The molecule has 0 saturated carbocycles. The molecule has 7 nitrogen and oxygen atoms in total. The number of pyridine rings is 1. The summed E-state index contributed by atoms with van der Waals surface area (Å²) in [6.45, 7) is 0.349. The molecule has 2 aromatic heterocycles. The standard InChI is InChI=1S/C25H20N6O/c1-2-18-11-20-15-29-25(30-21-7-3-6-19(12-21)22(27)8-9-26)31-23(20)13-24(18)32-16-17-5-4-10-28-14-17/h1,3-15,26H,16,27H2,(H,29,30,31)/b22-8-,26-9?. The molecule has 32 heavy (non-hydrogen) atoms.